The van der Waals surface area contributed by atoms with Gasteiger partial charge in [-0.3, -0.25) is 4.79 Å². The fraction of sp³-hybridized carbons (Fsp3) is 0.450. The molecule has 142 valence electrons. The summed E-state index contributed by atoms with van der Waals surface area (Å²) in [6.45, 7) is 1.26. The molecule has 1 aliphatic heterocycles. The zero-order chi connectivity index (χ0) is 19.2. The first-order valence-electron chi connectivity index (χ1n) is 9.17. The third-order valence-electron chi connectivity index (χ3n) is 5.60. The van der Waals surface area contributed by atoms with Crippen LogP contribution in [0.2, 0.25) is 5.02 Å². The van der Waals surface area contributed by atoms with E-state index in [9.17, 15) is 9.18 Å². The minimum Gasteiger partial charge on any atom is -0.347 e. The van der Waals surface area contributed by atoms with Crippen molar-refractivity contribution < 1.29 is 9.18 Å². The van der Waals surface area contributed by atoms with Crippen molar-refractivity contribution in [2.75, 3.05) is 32.1 Å². The van der Waals surface area contributed by atoms with Crippen LogP contribution < -0.4 is 4.90 Å². The standard InChI is InChI=1S/C20H22ClFN4O/c1-25(2)19-23-11-13-4-6-20(17(13)24-19)5-3-7-26(12-20)18(27)14-8-15(21)10-16(22)9-14/h8-11H,3-7,12H2,1-2H3. The minimum absolute atomic E-state index is 0.145. The Kier molecular flexibility index (Phi) is 4.54. The largest absolute Gasteiger partial charge is 0.347 e. The quantitative estimate of drug-likeness (QED) is 0.790. The van der Waals surface area contributed by atoms with E-state index in [1.54, 1.807) is 0 Å². The molecule has 5 nitrogen and oxygen atoms in total. The van der Waals surface area contributed by atoms with E-state index in [-0.39, 0.29) is 16.3 Å². The average molecular weight is 389 g/mol. The lowest BCUT2D eigenvalue weighted by atomic mass is 9.77. The second-order valence-corrected chi connectivity index (χ2v) is 8.14. The molecule has 1 amide bonds. The van der Waals surface area contributed by atoms with Crippen molar-refractivity contribution >= 4 is 23.5 Å². The van der Waals surface area contributed by atoms with Gasteiger partial charge in [0, 0.05) is 49.4 Å². The number of amides is 1. The molecule has 7 heteroatoms. The Balaban J connectivity index is 1.64. The molecule has 4 rings (SSSR count). The van der Waals surface area contributed by atoms with Crippen LogP contribution in [0, 0.1) is 5.82 Å². The molecule has 1 saturated heterocycles. The molecular weight excluding hydrogens is 367 g/mol. The second-order valence-electron chi connectivity index (χ2n) is 7.71. The number of hydrogen-bond acceptors (Lipinski definition) is 4. The number of carbonyl (C=O) groups excluding carboxylic acids is 1. The fourth-order valence-electron chi connectivity index (χ4n) is 4.31. The third kappa shape index (κ3) is 3.27. The maximum Gasteiger partial charge on any atom is 0.254 e. The van der Waals surface area contributed by atoms with Crippen LogP contribution in [0.25, 0.3) is 0 Å². The van der Waals surface area contributed by atoms with Crippen LogP contribution >= 0.6 is 11.6 Å². The van der Waals surface area contributed by atoms with Gasteiger partial charge in [-0.15, -0.1) is 0 Å². The summed E-state index contributed by atoms with van der Waals surface area (Å²) in [6.07, 6.45) is 5.70. The molecular formula is C20H22ClFN4O. The van der Waals surface area contributed by atoms with Gasteiger partial charge in [-0.25, -0.2) is 14.4 Å². The number of carbonyl (C=O) groups is 1. The van der Waals surface area contributed by atoms with E-state index in [1.807, 2.05) is 30.1 Å². The summed E-state index contributed by atoms with van der Waals surface area (Å²) in [6, 6.07) is 4.00. The van der Waals surface area contributed by atoms with Gasteiger partial charge >= 0.3 is 0 Å². The van der Waals surface area contributed by atoms with Crippen molar-refractivity contribution in [3.05, 3.63) is 52.1 Å². The molecule has 1 fully saturated rings. The minimum atomic E-state index is -0.493. The highest BCUT2D eigenvalue weighted by Gasteiger charge is 2.45. The number of fused-ring (bicyclic) bond motifs is 2. The first kappa shape index (κ1) is 18.2. The summed E-state index contributed by atoms with van der Waals surface area (Å²) < 4.78 is 13.7. The lowest BCUT2D eigenvalue weighted by Crippen LogP contribution is -2.48. The number of halogens is 2. The van der Waals surface area contributed by atoms with Gasteiger partial charge < -0.3 is 9.80 Å². The SMILES string of the molecule is CN(C)c1ncc2c(n1)C1(CCCN(C(=O)c3cc(F)cc(Cl)c3)C1)CC2. The second kappa shape index (κ2) is 6.75. The van der Waals surface area contributed by atoms with Gasteiger partial charge in [0.05, 0.1) is 5.69 Å². The topological polar surface area (TPSA) is 49.3 Å². The van der Waals surface area contributed by atoms with Crippen molar-refractivity contribution in [1.29, 1.82) is 0 Å². The van der Waals surface area contributed by atoms with E-state index in [2.05, 4.69) is 4.98 Å². The average Bonchev–Trinajstić information content (AvgIpc) is 2.97. The zero-order valence-corrected chi connectivity index (χ0v) is 16.3. The molecule has 27 heavy (non-hydrogen) atoms. The molecule has 1 unspecified atom stereocenters. The first-order chi connectivity index (χ1) is 12.9. The van der Waals surface area contributed by atoms with Crippen LogP contribution in [0.15, 0.2) is 24.4 Å². The third-order valence-corrected chi connectivity index (χ3v) is 5.82. The molecule has 1 aromatic carbocycles. The maximum absolute atomic E-state index is 13.7. The van der Waals surface area contributed by atoms with Gasteiger partial charge in [-0.05, 0) is 49.4 Å². The highest BCUT2D eigenvalue weighted by atomic mass is 35.5. The van der Waals surface area contributed by atoms with E-state index in [4.69, 9.17) is 16.6 Å². The molecule has 2 heterocycles. The Morgan fingerprint density at radius 3 is 2.85 bits per heavy atom. The van der Waals surface area contributed by atoms with Gasteiger partial charge in [-0.2, -0.15) is 0 Å². The van der Waals surface area contributed by atoms with E-state index in [1.165, 1.54) is 23.8 Å². The fourth-order valence-corrected chi connectivity index (χ4v) is 4.53. The Labute approximate surface area is 163 Å². The van der Waals surface area contributed by atoms with Crippen LogP contribution in [-0.2, 0) is 11.8 Å². The lowest BCUT2D eigenvalue weighted by molar-refractivity contribution is 0.0633. The number of likely N-dealkylation sites (tertiary alicyclic amines) is 1. The Hall–Kier alpha value is -2.21. The summed E-state index contributed by atoms with van der Waals surface area (Å²) in [4.78, 5) is 26.0. The summed E-state index contributed by atoms with van der Waals surface area (Å²) in [5.74, 6) is 0.0216. The van der Waals surface area contributed by atoms with Gasteiger partial charge in [-0.1, -0.05) is 11.6 Å². The first-order valence-corrected chi connectivity index (χ1v) is 9.55. The maximum atomic E-state index is 13.7. The van der Waals surface area contributed by atoms with Crippen molar-refractivity contribution in [2.45, 2.75) is 31.1 Å². The lowest BCUT2D eigenvalue weighted by Gasteiger charge is -2.40. The number of aryl methyl sites for hydroxylation is 1. The number of rotatable bonds is 2. The monoisotopic (exact) mass is 388 g/mol. The molecule has 0 bridgehead atoms. The number of hydrogen-bond donors (Lipinski definition) is 0. The summed E-state index contributed by atoms with van der Waals surface area (Å²) >= 11 is 5.94. The molecule has 1 aromatic heterocycles. The molecule has 0 N–H and O–H groups in total. The van der Waals surface area contributed by atoms with Gasteiger partial charge in [0.15, 0.2) is 0 Å². The van der Waals surface area contributed by atoms with Crippen LogP contribution in [0.1, 0.15) is 40.9 Å². The summed E-state index contributed by atoms with van der Waals surface area (Å²) in [7, 11) is 3.85. The Morgan fingerprint density at radius 2 is 2.11 bits per heavy atom. The van der Waals surface area contributed by atoms with Crippen LogP contribution in [0.4, 0.5) is 10.3 Å². The number of aromatic nitrogens is 2. The zero-order valence-electron chi connectivity index (χ0n) is 15.5. The predicted molar refractivity (Wildman–Crippen MR) is 103 cm³/mol. The summed E-state index contributed by atoms with van der Waals surface area (Å²) in [5.41, 5.74) is 2.39. The summed E-state index contributed by atoms with van der Waals surface area (Å²) in [5, 5.41) is 0.236. The highest BCUT2D eigenvalue weighted by Crippen LogP contribution is 2.44. The van der Waals surface area contributed by atoms with E-state index in [0.29, 0.717) is 24.6 Å². The van der Waals surface area contributed by atoms with Gasteiger partial charge in [0.2, 0.25) is 5.95 Å². The van der Waals surface area contributed by atoms with Crippen molar-refractivity contribution in [2.24, 2.45) is 0 Å². The Morgan fingerprint density at radius 1 is 1.30 bits per heavy atom. The predicted octanol–water partition coefficient (Wildman–Crippen LogP) is 3.46. The van der Waals surface area contributed by atoms with Gasteiger partial charge in [0.25, 0.3) is 5.91 Å². The molecule has 2 aliphatic rings. The number of benzene rings is 1. The van der Waals surface area contributed by atoms with Crippen LogP contribution in [-0.4, -0.2) is 48.0 Å². The molecule has 0 radical (unpaired) electrons. The molecule has 1 spiro atoms. The normalized spacial score (nSPS) is 21.4. The number of anilines is 1. The molecule has 1 aliphatic carbocycles. The van der Waals surface area contributed by atoms with E-state index in [0.717, 1.165) is 31.4 Å². The molecule has 1 atom stereocenters. The Bertz CT molecular complexity index is 879. The van der Waals surface area contributed by atoms with Crippen molar-refractivity contribution in [1.82, 2.24) is 14.9 Å². The molecule has 0 saturated carbocycles. The number of piperidine rings is 1. The van der Waals surface area contributed by atoms with Crippen molar-refractivity contribution in [3.63, 3.8) is 0 Å². The van der Waals surface area contributed by atoms with Gasteiger partial charge in [0.1, 0.15) is 5.82 Å². The smallest absolute Gasteiger partial charge is 0.254 e. The van der Waals surface area contributed by atoms with E-state index < -0.39 is 5.82 Å². The van der Waals surface area contributed by atoms with Crippen LogP contribution in [0.3, 0.4) is 0 Å². The molecule has 2 aromatic rings. The number of nitrogens with zero attached hydrogens (tertiary/aromatic N) is 4. The highest BCUT2D eigenvalue weighted by molar-refractivity contribution is 6.31. The van der Waals surface area contributed by atoms with Crippen LogP contribution in [0.5, 0.6) is 0 Å². The van der Waals surface area contributed by atoms with E-state index >= 15 is 0 Å². The van der Waals surface area contributed by atoms with Crippen molar-refractivity contribution in [3.8, 4) is 0 Å².